The van der Waals surface area contributed by atoms with E-state index < -0.39 is 29.0 Å². The molecule has 2 aromatic heterocycles. The highest BCUT2D eigenvalue weighted by Crippen LogP contribution is 2.32. The first-order valence-electron chi connectivity index (χ1n) is 9.35. The van der Waals surface area contributed by atoms with Crippen molar-refractivity contribution in [3.05, 3.63) is 92.6 Å². The number of hydrogen-bond donors (Lipinski definition) is 1. The summed E-state index contributed by atoms with van der Waals surface area (Å²) in [5.74, 6) is -1.10. The molecule has 4 aromatic rings. The summed E-state index contributed by atoms with van der Waals surface area (Å²) in [5.41, 5.74) is -0.682. The molecule has 1 amide bonds. The number of thiophene rings is 1. The van der Waals surface area contributed by atoms with E-state index in [9.17, 15) is 27.2 Å². The average molecular weight is 461 g/mol. The predicted molar refractivity (Wildman–Crippen MR) is 114 cm³/mol. The van der Waals surface area contributed by atoms with Gasteiger partial charge in [0.05, 0.1) is 28.7 Å². The van der Waals surface area contributed by atoms with Crippen LogP contribution >= 0.6 is 11.3 Å². The second kappa shape index (κ2) is 8.19. The van der Waals surface area contributed by atoms with Crippen molar-refractivity contribution >= 4 is 33.1 Å². The molecule has 0 saturated carbocycles. The molecule has 10 heteroatoms. The Kier molecular flexibility index (Phi) is 5.55. The summed E-state index contributed by atoms with van der Waals surface area (Å²) in [6, 6.07) is 10.3. The van der Waals surface area contributed by atoms with E-state index in [1.807, 2.05) is 0 Å². The fourth-order valence-electron chi connectivity index (χ4n) is 3.26. The Bertz CT molecular complexity index is 1390. The molecule has 0 aliphatic rings. The molecule has 4 rings (SSSR count). The molecular formula is C22H15F4N3O2S. The molecular weight excluding hydrogens is 446 g/mol. The van der Waals surface area contributed by atoms with Gasteiger partial charge in [0.2, 0.25) is 0 Å². The number of rotatable bonds is 4. The van der Waals surface area contributed by atoms with Gasteiger partial charge in [0, 0.05) is 11.3 Å². The minimum absolute atomic E-state index is 0.0217. The van der Waals surface area contributed by atoms with E-state index in [0.717, 1.165) is 23.5 Å². The van der Waals surface area contributed by atoms with Crippen molar-refractivity contribution in [1.82, 2.24) is 9.55 Å². The molecule has 0 aliphatic carbocycles. The van der Waals surface area contributed by atoms with Crippen molar-refractivity contribution in [3.8, 4) is 0 Å². The first-order valence-corrected chi connectivity index (χ1v) is 10.2. The minimum atomic E-state index is -4.54. The van der Waals surface area contributed by atoms with Crippen LogP contribution in [-0.2, 0) is 12.7 Å². The van der Waals surface area contributed by atoms with Gasteiger partial charge in [-0.2, -0.15) is 13.2 Å². The standard InChI is InChI=1S/C22H15F4N3O2S/c1-12-17-20(27-11-29(21(17)31)10-13-5-2-3-8-16(13)23)32-18(12)19(30)28-15-7-4-6-14(9-15)22(24,25)26/h2-9,11H,10H2,1H3,(H,28,30). The number of carbonyl (C=O) groups excluding carboxylic acids is 1. The third-order valence-corrected chi connectivity index (χ3v) is 6.07. The number of nitrogens with zero attached hydrogens (tertiary/aromatic N) is 2. The molecule has 164 valence electrons. The van der Waals surface area contributed by atoms with Crippen LogP contribution in [0.25, 0.3) is 10.2 Å². The smallest absolute Gasteiger partial charge is 0.321 e. The summed E-state index contributed by atoms with van der Waals surface area (Å²) in [5, 5.41) is 2.65. The topological polar surface area (TPSA) is 64.0 Å². The maximum absolute atomic E-state index is 14.0. The molecule has 2 heterocycles. The van der Waals surface area contributed by atoms with E-state index in [1.54, 1.807) is 25.1 Å². The lowest BCUT2D eigenvalue weighted by Gasteiger charge is -2.09. The van der Waals surface area contributed by atoms with E-state index in [0.29, 0.717) is 16.0 Å². The van der Waals surface area contributed by atoms with Crippen LogP contribution < -0.4 is 10.9 Å². The number of carbonyl (C=O) groups is 1. The van der Waals surface area contributed by atoms with Gasteiger partial charge < -0.3 is 5.32 Å². The molecule has 0 spiro atoms. The van der Waals surface area contributed by atoms with Gasteiger partial charge in [-0.3, -0.25) is 14.2 Å². The number of halogens is 4. The van der Waals surface area contributed by atoms with Gasteiger partial charge in [0.25, 0.3) is 11.5 Å². The molecule has 2 aromatic carbocycles. The van der Waals surface area contributed by atoms with Gasteiger partial charge >= 0.3 is 6.18 Å². The van der Waals surface area contributed by atoms with E-state index in [-0.39, 0.29) is 22.5 Å². The Labute approximate surface area is 183 Å². The van der Waals surface area contributed by atoms with Gasteiger partial charge in [0.1, 0.15) is 10.6 Å². The maximum Gasteiger partial charge on any atom is 0.416 e. The average Bonchev–Trinajstić information content (AvgIpc) is 3.08. The number of aromatic nitrogens is 2. The molecule has 0 unspecified atom stereocenters. The second-order valence-corrected chi connectivity index (χ2v) is 8.04. The molecule has 0 aliphatic heterocycles. The zero-order chi connectivity index (χ0) is 23.0. The molecule has 0 saturated heterocycles. The highest BCUT2D eigenvalue weighted by molar-refractivity contribution is 7.20. The van der Waals surface area contributed by atoms with Gasteiger partial charge in [-0.25, -0.2) is 9.37 Å². The summed E-state index contributed by atoms with van der Waals surface area (Å²) < 4.78 is 54.0. The lowest BCUT2D eigenvalue weighted by molar-refractivity contribution is -0.137. The number of benzene rings is 2. The zero-order valence-electron chi connectivity index (χ0n) is 16.5. The van der Waals surface area contributed by atoms with Gasteiger partial charge in [-0.05, 0) is 36.8 Å². The Morgan fingerprint density at radius 2 is 1.91 bits per heavy atom. The maximum atomic E-state index is 14.0. The Morgan fingerprint density at radius 3 is 2.62 bits per heavy atom. The van der Waals surface area contributed by atoms with Crippen LogP contribution in [0.5, 0.6) is 0 Å². The van der Waals surface area contributed by atoms with Crippen LogP contribution in [0.4, 0.5) is 23.2 Å². The number of fused-ring (bicyclic) bond motifs is 1. The van der Waals surface area contributed by atoms with Crippen molar-refractivity contribution in [1.29, 1.82) is 0 Å². The molecule has 0 bridgehead atoms. The van der Waals surface area contributed by atoms with Crippen molar-refractivity contribution < 1.29 is 22.4 Å². The number of alkyl halides is 3. The largest absolute Gasteiger partial charge is 0.416 e. The molecule has 5 nitrogen and oxygen atoms in total. The van der Waals surface area contributed by atoms with Crippen LogP contribution in [0, 0.1) is 12.7 Å². The normalized spacial score (nSPS) is 11.7. The molecule has 1 N–H and O–H groups in total. The monoisotopic (exact) mass is 461 g/mol. The summed E-state index contributed by atoms with van der Waals surface area (Å²) in [6.07, 6.45) is -3.26. The Balaban J connectivity index is 1.67. The van der Waals surface area contributed by atoms with E-state index >= 15 is 0 Å². The summed E-state index contributed by atoms with van der Waals surface area (Å²) in [7, 11) is 0. The molecule has 0 radical (unpaired) electrons. The fourth-order valence-corrected chi connectivity index (χ4v) is 4.29. The van der Waals surface area contributed by atoms with Gasteiger partial charge in [-0.15, -0.1) is 11.3 Å². The third-order valence-electron chi connectivity index (χ3n) is 4.87. The van der Waals surface area contributed by atoms with Gasteiger partial charge in [0.15, 0.2) is 0 Å². The van der Waals surface area contributed by atoms with Crippen molar-refractivity contribution in [2.24, 2.45) is 0 Å². The summed E-state index contributed by atoms with van der Waals surface area (Å²) in [6.45, 7) is 1.53. The predicted octanol–water partition coefficient (Wildman–Crippen LogP) is 5.22. The molecule has 0 atom stereocenters. The van der Waals surface area contributed by atoms with Crippen LogP contribution in [0.3, 0.4) is 0 Å². The van der Waals surface area contributed by atoms with Gasteiger partial charge in [-0.1, -0.05) is 24.3 Å². The number of anilines is 1. The number of amides is 1. The van der Waals surface area contributed by atoms with Crippen LogP contribution in [-0.4, -0.2) is 15.5 Å². The Morgan fingerprint density at radius 1 is 1.16 bits per heavy atom. The highest BCUT2D eigenvalue weighted by Gasteiger charge is 2.30. The summed E-state index contributed by atoms with van der Waals surface area (Å²) in [4.78, 5) is 30.4. The van der Waals surface area contributed by atoms with E-state index in [2.05, 4.69) is 10.3 Å². The first kappa shape index (κ1) is 21.7. The minimum Gasteiger partial charge on any atom is -0.321 e. The van der Waals surface area contributed by atoms with Crippen LogP contribution in [0.1, 0.15) is 26.4 Å². The van der Waals surface area contributed by atoms with E-state index in [1.165, 1.54) is 29.1 Å². The van der Waals surface area contributed by atoms with E-state index in [4.69, 9.17) is 0 Å². The fraction of sp³-hybridized carbons (Fsp3) is 0.136. The van der Waals surface area contributed by atoms with Crippen LogP contribution in [0.2, 0.25) is 0 Å². The SMILES string of the molecule is Cc1c(C(=O)Nc2cccc(C(F)(F)F)c2)sc2ncn(Cc3ccccc3F)c(=O)c12. The highest BCUT2D eigenvalue weighted by atomic mass is 32.1. The van der Waals surface area contributed by atoms with Crippen molar-refractivity contribution in [2.45, 2.75) is 19.6 Å². The lowest BCUT2D eigenvalue weighted by Crippen LogP contribution is -2.21. The first-order chi connectivity index (χ1) is 15.1. The van der Waals surface area contributed by atoms with Crippen molar-refractivity contribution in [3.63, 3.8) is 0 Å². The number of aryl methyl sites for hydroxylation is 1. The molecule has 0 fully saturated rings. The quantitative estimate of drug-likeness (QED) is 0.424. The lowest BCUT2D eigenvalue weighted by atomic mass is 10.1. The number of hydrogen-bond acceptors (Lipinski definition) is 4. The third kappa shape index (κ3) is 4.13. The second-order valence-electron chi connectivity index (χ2n) is 7.04. The number of nitrogens with one attached hydrogen (secondary N) is 1. The summed E-state index contributed by atoms with van der Waals surface area (Å²) >= 11 is 0.961. The van der Waals surface area contributed by atoms with Crippen molar-refractivity contribution in [2.75, 3.05) is 5.32 Å². The molecule has 32 heavy (non-hydrogen) atoms. The zero-order valence-corrected chi connectivity index (χ0v) is 17.4. The Hall–Kier alpha value is -3.53. The van der Waals surface area contributed by atoms with Crippen LogP contribution in [0.15, 0.2) is 59.7 Å².